The molecule has 3 nitrogen and oxygen atoms in total. The minimum atomic E-state index is -0.580. The van der Waals surface area contributed by atoms with Crippen LogP contribution < -0.4 is 5.32 Å². The topological polar surface area (TPSA) is 42.0 Å². The van der Waals surface area contributed by atoms with Gasteiger partial charge < -0.3 is 5.32 Å². The average molecular weight is 345 g/mol. The van der Waals surface area contributed by atoms with Crippen molar-refractivity contribution in [2.75, 3.05) is 5.32 Å². The number of nitrogens with one attached hydrogen (secondary N) is 1. The fraction of sp³-hybridized carbons (Fsp3) is 0. The SMILES string of the molecule is O=C(Nc1cccc2cccnc12)c1cccc(Br)c1F. The number of amides is 1. The summed E-state index contributed by atoms with van der Waals surface area (Å²) < 4.78 is 14.2. The minimum absolute atomic E-state index is 0.0164. The lowest BCUT2D eigenvalue weighted by molar-refractivity contribution is 0.102. The summed E-state index contributed by atoms with van der Waals surface area (Å²) in [5.41, 5.74) is 1.21. The Bertz CT molecular complexity index is 830. The Balaban J connectivity index is 1.99. The molecule has 0 spiro atoms. The van der Waals surface area contributed by atoms with Gasteiger partial charge in [-0.1, -0.05) is 24.3 Å². The van der Waals surface area contributed by atoms with Crippen LogP contribution in [0, 0.1) is 5.82 Å². The lowest BCUT2D eigenvalue weighted by Gasteiger charge is -2.09. The summed E-state index contributed by atoms with van der Waals surface area (Å²) in [4.78, 5) is 16.5. The Morgan fingerprint density at radius 1 is 1.10 bits per heavy atom. The number of hydrogen-bond acceptors (Lipinski definition) is 2. The molecule has 1 aromatic heterocycles. The number of nitrogens with zero attached hydrogens (tertiary/aromatic N) is 1. The van der Waals surface area contributed by atoms with E-state index in [2.05, 4.69) is 26.2 Å². The Morgan fingerprint density at radius 3 is 2.71 bits per heavy atom. The highest BCUT2D eigenvalue weighted by atomic mass is 79.9. The first kappa shape index (κ1) is 13.7. The summed E-state index contributed by atoms with van der Waals surface area (Å²) in [6.07, 6.45) is 1.65. The van der Waals surface area contributed by atoms with E-state index in [1.165, 1.54) is 6.07 Å². The normalized spacial score (nSPS) is 10.6. The number of rotatable bonds is 2. The van der Waals surface area contributed by atoms with E-state index in [4.69, 9.17) is 0 Å². The first-order valence-electron chi connectivity index (χ1n) is 6.26. The van der Waals surface area contributed by atoms with Gasteiger partial charge in [0, 0.05) is 11.6 Å². The zero-order valence-electron chi connectivity index (χ0n) is 10.8. The molecule has 0 aliphatic heterocycles. The van der Waals surface area contributed by atoms with E-state index in [-0.39, 0.29) is 10.0 Å². The molecule has 1 heterocycles. The Kier molecular flexibility index (Phi) is 3.66. The molecule has 0 bridgehead atoms. The highest BCUT2D eigenvalue weighted by molar-refractivity contribution is 9.10. The largest absolute Gasteiger partial charge is 0.320 e. The van der Waals surface area contributed by atoms with Crippen molar-refractivity contribution < 1.29 is 9.18 Å². The van der Waals surface area contributed by atoms with Gasteiger partial charge in [-0.3, -0.25) is 9.78 Å². The molecular weight excluding hydrogens is 335 g/mol. The molecule has 0 saturated heterocycles. The van der Waals surface area contributed by atoms with E-state index in [0.29, 0.717) is 11.2 Å². The molecule has 21 heavy (non-hydrogen) atoms. The zero-order chi connectivity index (χ0) is 14.8. The van der Waals surface area contributed by atoms with Crippen molar-refractivity contribution in [1.29, 1.82) is 0 Å². The van der Waals surface area contributed by atoms with Crippen LogP contribution in [0.15, 0.2) is 59.2 Å². The van der Waals surface area contributed by atoms with Gasteiger partial charge >= 0.3 is 0 Å². The Labute approximate surface area is 128 Å². The lowest BCUT2D eigenvalue weighted by atomic mass is 10.1. The number of benzene rings is 2. The summed E-state index contributed by atoms with van der Waals surface area (Å²) >= 11 is 3.07. The maximum Gasteiger partial charge on any atom is 0.258 e. The van der Waals surface area contributed by atoms with E-state index in [1.54, 1.807) is 24.4 Å². The average Bonchev–Trinajstić information content (AvgIpc) is 2.50. The fourth-order valence-corrected chi connectivity index (χ4v) is 2.44. The quantitative estimate of drug-likeness (QED) is 0.749. The van der Waals surface area contributed by atoms with Gasteiger partial charge in [-0.2, -0.15) is 0 Å². The van der Waals surface area contributed by atoms with Gasteiger partial charge in [0.2, 0.25) is 0 Å². The third-order valence-corrected chi connectivity index (χ3v) is 3.69. The molecule has 3 rings (SSSR count). The van der Waals surface area contributed by atoms with Crippen molar-refractivity contribution in [2.24, 2.45) is 0 Å². The first-order chi connectivity index (χ1) is 10.2. The third kappa shape index (κ3) is 2.64. The molecule has 5 heteroatoms. The van der Waals surface area contributed by atoms with Crippen molar-refractivity contribution >= 4 is 38.4 Å². The molecular formula is C16H10BrFN2O. The molecule has 0 aliphatic rings. The van der Waals surface area contributed by atoms with Gasteiger partial charge in [-0.25, -0.2) is 4.39 Å². The second-order valence-corrected chi connectivity index (χ2v) is 5.29. The van der Waals surface area contributed by atoms with E-state index in [9.17, 15) is 9.18 Å². The molecule has 3 aromatic rings. The van der Waals surface area contributed by atoms with Crippen LogP contribution in [-0.2, 0) is 0 Å². The second-order valence-electron chi connectivity index (χ2n) is 4.44. The summed E-state index contributed by atoms with van der Waals surface area (Å²) in [7, 11) is 0. The number of anilines is 1. The summed E-state index contributed by atoms with van der Waals surface area (Å²) in [6.45, 7) is 0. The summed E-state index contributed by atoms with van der Waals surface area (Å²) in [5, 5.41) is 3.61. The standard InChI is InChI=1S/C16H10BrFN2O/c17-12-7-2-6-11(14(12)18)16(21)20-13-8-1-4-10-5-3-9-19-15(10)13/h1-9H,(H,20,21). The van der Waals surface area contributed by atoms with Crippen LogP contribution in [0.4, 0.5) is 10.1 Å². The van der Waals surface area contributed by atoms with Crippen LogP contribution in [0.25, 0.3) is 10.9 Å². The lowest BCUT2D eigenvalue weighted by Crippen LogP contribution is -2.14. The highest BCUT2D eigenvalue weighted by Gasteiger charge is 2.15. The number of hydrogen-bond donors (Lipinski definition) is 1. The molecule has 0 atom stereocenters. The molecule has 1 N–H and O–H groups in total. The molecule has 104 valence electrons. The maximum absolute atomic E-state index is 13.9. The monoisotopic (exact) mass is 344 g/mol. The minimum Gasteiger partial charge on any atom is -0.320 e. The molecule has 0 aliphatic carbocycles. The molecule has 0 saturated carbocycles. The summed E-state index contributed by atoms with van der Waals surface area (Å²) in [5.74, 6) is -1.09. The van der Waals surface area contributed by atoms with Crippen LogP contribution >= 0.6 is 15.9 Å². The van der Waals surface area contributed by atoms with E-state index in [0.717, 1.165) is 5.39 Å². The van der Waals surface area contributed by atoms with Gasteiger partial charge in [0.05, 0.1) is 21.2 Å². The smallest absolute Gasteiger partial charge is 0.258 e. The van der Waals surface area contributed by atoms with Crippen LogP contribution in [0.1, 0.15) is 10.4 Å². The Hall–Kier alpha value is -2.27. The Morgan fingerprint density at radius 2 is 1.86 bits per heavy atom. The number of halogens is 2. The predicted molar refractivity (Wildman–Crippen MR) is 83.8 cm³/mol. The summed E-state index contributed by atoms with van der Waals surface area (Å²) in [6, 6.07) is 13.8. The zero-order valence-corrected chi connectivity index (χ0v) is 12.4. The fourth-order valence-electron chi connectivity index (χ4n) is 2.07. The van der Waals surface area contributed by atoms with Crippen molar-refractivity contribution in [3.05, 3.63) is 70.6 Å². The second kappa shape index (κ2) is 5.61. The third-order valence-electron chi connectivity index (χ3n) is 3.08. The first-order valence-corrected chi connectivity index (χ1v) is 7.05. The van der Waals surface area contributed by atoms with Gasteiger partial charge in [0.25, 0.3) is 5.91 Å². The number of pyridine rings is 1. The van der Waals surface area contributed by atoms with Crippen LogP contribution in [0.5, 0.6) is 0 Å². The molecule has 1 amide bonds. The predicted octanol–water partition coefficient (Wildman–Crippen LogP) is 4.39. The number of fused-ring (bicyclic) bond motifs is 1. The van der Waals surface area contributed by atoms with Crippen LogP contribution in [-0.4, -0.2) is 10.9 Å². The number of aromatic nitrogens is 1. The van der Waals surface area contributed by atoms with Gasteiger partial charge in [-0.05, 0) is 40.2 Å². The molecule has 0 radical (unpaired) electrons. The number of para-hydroxylation sites is 1. The van der Waals surface area contributed by atoms with Crippen molar-refractivity contribution in [3.8, 4) is 0 Å². The molecule has 2 aromatic carbocycles. The molecule has 0 fully saturated rings. The van der Waals surface area contributed by atoms with Gasteiger partial charge in [0.15, 0.2) is 0 Å². The van der Waals surface area contributed by atoms with Gasteiger partial charge in [0.1, 0.15) is 5.82 Å². The maximum atomic E-state index is 13.9. The van der Waals surface area contributed by atoms with E-state index < -0.39 is 11.7 Å². The van der Waals surface area contributed by atoms with Crippen molar-refractivity contribution in [2.45, 2.75) is 0 Å². The highest BCUT2D eigenvalue weighted by Crippen LogP contribution is 2.23. The number of carbonyl (C=O) groups is 1. The molecule has 0 unspecified atom stereocenters. The van der Waals surface area contributed by atoms with Crippen molar-refractivity contribution in [1.82, 2.24) is 4.98 Å². The van der Waals surface area contributed by atoms with Crippen LogP contribution in [0.2, 0.25) is 0 Å². The van der Waals surface area contributed by atoms with Crippen LogP contribution in [0.3, 0.4) is 0 Å². The van der Waals surface area contributed by atoms with E-state index in [1.807, 2.05) is 24.3 Å². The van der Waals surface area contributed by atoms with E-state index >= 15 is 0 Å². The van der Waals surface area contributed by atoms with Gasteiger partial charge in [-0.15, -0.1) is 0 Å². The van der Waals surface area contributed by atoms with Crippen molar-refractivity contribution in [3.63, 3.8) is 0 Å². The number of carbonyl (C=O) groups excluding carboxylic acids is 1.